The first kappa shape index (κ1) is 16.8. The maximum Gasteiger partial charge on any atom is 0.311 e. The van der Waals surface area contributed by atoms with E-state index < -0.39 is 5.97 Å². The molecule has 0 aromatic rings. The molecule has 104 valence electrons. The van der Waals surface area contributed by atoms with Crippen molar-refractivity contribution in [3.63, 3.8) is 0 Å². The summed E-state index contributed by atoms with van der Waals surface area (Å²) in [5.74, 6) is -0.413. The van der Waals surface area contributed by atoms with Gasteiger partial charge in [-0.15, -0.1) is 0 Å². The van der Waals surface area contributed by atoms with E-state index in [4.69, 9.17) is 10.3 Å². The Labute approximate surface area is 110 Å². The second kappa shape index (κ2) is 12.2. The van der Waals surface area contributed by atoms with E-state index in [0.29, 0.717) is 0 Å². The van der Waals surface area contributed by atoms with Gasteiger partial charge in [0.25, 0.3) is 0 Å². The third-order valence-corrected chi connectivity index (χ3v) is 2.82. The van der Waals surface area contributed by atoms with E-state index in [-0.39, 0.29) is 12.6 Å². The van der Waals surface area contributed by atoms with Crippen molar-refractivity contribution in [1.82, 2.24) is 0 Å². The summed E-state index contributed by atoms with van der Waals surface area (Å²) >= 11 is 0. The molecule has 0 bridgehead atoms. The fourth-order valence-electron chi connectivity index (χ4n) is 1.81. The van der Waals surface area contributed by atoms with Gasteiger partial charge in [-0.25, -0.2) is 0 Å². The summed E-state index contributed by atoms with van der Waals surface area (Å²) in [4.78, 5) is 13.9. The quantitative estimate of drug-likeness (QED) is 0.181. The molecule has 0 aliphatic rings. The summed E-state index contributed by atoms with van der Waals surface area (Å²) in [6.45, 7) is 4.10. The molecule has 0 rings (SSSR count). The number of carbonyl (C=O) groups is 1. The molecule has 0 aliphatic carbocycles. The fourth-order valence-corrected chi connectivity index (χ4v) is 1.81. The molecule has 0 radical (unpaired) electrons. The van der Waals surface area contributed by atoms with Crippen LogP contribution in [-0.2, 0) is 9.53 Å². The summed E-state index contributed by atoms with van der Waals surface area (Å²) in [5.41, 5.74) is 8.14. The van der Waals surface area contributed by atoms with Crippen LogP contribution in [0.25, 0.3) is 10.4 Å². The topological polar surface area (TPSA) is 75.1 Å². The molecule has 0 spiro atoms. The van der Waals surface area contributed by atoms with Gasteiger partial charge in [0.1, 0.15) is 12.6 Å². The molecule has 0 saturated carbocycles. The molecule has 0 aliphatic heterocycles. The molecule has 5 nitrogen and oxygen atoms in total. The van der Waals surface area contributed by atoms with E-state index >= 15 is 0 Å². The van der Waals surface area contributed by atoms with Crippen molar-refractivity contribution < 1.29 is 9.53 Å². The molecule has 1 unspecified atom stereocenters. The lowest BCUT2D eigenvalue weighted by atomic mass is 10.0. The van der Waals surface area contributed by atoms with Gasteiger partial charge < -0.3 is 4.74 Å². The van der Waals surface area contributed by atoms with Crippen LogP contribution in [0.1, 0.15) is 65.2 Å². The van der Waals surface area contributed by atoms with Gasteiger partial charge in [-0.2, -0.15) is 0 Å². The van der Waals surface area contributed by atoms with E-state index in [0.717, 1.165) is 32.1 Å². The smallest absolute Gasteiger partial charge is 0.311 e. The number of hydrogen-bond donors (Lipinski definition) is 0. The summed E-state index contributed by atoms with van der Waals surface area (Å²) in [7, 11) is 0. The third-order valence-electron chi connectivity index (χ3n) is 2.82. The molecule has 0 fully saturated rings. The molecule has 0 aromatic heterocycles. The number of ether oxygens (including phenoxy) is 1. The highest BCUT2D eigenvalue weighted by Crippen LogP contribution is 2.14. The molecule has 1 atom stereocenters. The van der Waals surface area contributed by atoms with E-state index in [1.54, 1.807) is 0 Å². The number of unbranched alkanes of at least 4 members (excludes halogenated alkanes) is 4. The Morgan fingerprint density at radius 1 is 1.17 bits per heavy atom. The number of azide groups is 1. The van der Waals surface area contributed by atoms with Crippen molar-refractivity contribution in [3.8, 4) is 0 Å². The standard InChI is InChI=1S/C13H25N3O2/c1-3-5-7-8-10-12(9-6-4-2)18-13(17)11-15-16-14/h12H,3-11H2,1-2H3. The van der Waals surface area contributed by atoms with E-state index in [9.17, 15) is 4.79 Å². The van der Waals surface area contributed by atoms with Crippen molar-refractivity contribution in [2.24, 2.45) is 5.11 Å². The highest BCUT2D eigenvalue weighted by atomic mass is 16.5. The van der Waals surface area contributed by atoms with Gasteiger partial charge in [-0.3, -0.25) is 4.79 Å². The van der Waals surface area contributed by atoms with Crippen molar-refractivity contribution >= 4 is 5.97 Å². The van der Waals surface area contributed by atoms with Gasteiger partial charge in [-0.05, 0) is 24.8 Å². The van der Waals surface area contributed by atoms with Crippen LogP contribution in [0.3, 0.4) is 0 Å². The zero-order chi connectivity index (χ0) is 13.6. The van der Waals surface area contributed by atoms with Crippen LogP contribution < -0.4 is 0 Å². The maximum absolute atomic E-state index is 11.4. The third kappa shape index (κ3) is 9.97. The minimum absolute atomic E-state index is 0.0109. The number of rotatable bonds is 11. The predicted octanol–water partition coefficient (Wildman–Crippen LogP) is 4.37. The number of esters is 1. The van der Waals surface area contributed by atoms with Crippen LogP contribution in [0.2, 0.25) is 0 Å². The first-order valence-corrected chi connectivity index (χ1v) is 6.94. The molecular formula is C13H25N3O2. The highest BCUT2D eigenvalue weighted by molar-refractivity contribution is 5.71. The molecule has 0 heterocycles. The lowest BCUT2D eigenvalue weighted by Crippen LogP contribution is -2.20. The first-order chi connectivity index (χ1) is 8.74. The second-order valence-electron chi connectivity index (χ2n) is 4.49. The van der Waals surface area contributed by atoms with Crippen LogP contribution >= 0.6 is 0 Å². The Balaban J connectivity index is 3.96. The van der Waals surface area contributed by atoms with Crippen molar-refractivity contribution in [1.29, 1.82) is 0 Å². The van der Waals surface area contributed by atoms with Gasteiger partial charge in [0.2, 0.25) is 0 Å². The summed E-state index contributed by atoms with van der Waals surface area (Å²) < 4.78 is 5.33. The molecule has 0 N–H and O–H groups in total. The Bertz CT molecular complexity index is 263. The summed E-state index contributed by atoms with van der Waals surface area (Å²) in [6, 6.07) is 0. The van der Waals surface area contributed by atoms with E-state index in [1.165, 1.54) is 19.3 Å². The van der Waals surface area contributed by atoms with Crippen LogP contribution in [0.4, 0.5) is 0 Å². The monoisotopic (exact) mass is 255 g/mol. The van der Waals surface area contributed by atoms with Crippen LogP contribution in [0.5, 0.6) is 0 Å². The average Bonchev–Trinajstić information content (AvgIpc) is 2.38. The molecular weight excluding hydrogens is 230 g/mol. The van der Waals surface area contributed by atoms with Crippen molar-refractivity contribution in [2.45, 2.75) is 71.3 Å². The summed E-state index contributed by atoms with van der Waals surface area (Å²) in [6.07, 6.45) is 8.69. The molecule has 0 aromatic carbocycles. The molecule has 0 amide bonds. The van der Waals surface area contributed by atoms with Gasteiger partial charge in [0.15, 0.2) is 0 Å². The largest absolute Gasteiger partial charge is 0.462 e. The fraction of sp³-hybridized carbons (Fsp3) is 0.923. The van der Waals surface area contributed by atoms with Gasteiger partial charge >= 0.3 is 5.97 Å². The Morgan fingerprint density at radius 3 is 2.44 bits per heavy atom. The van der Waals surface area contributed by atoms with Crippen LogP contribution in [0, 0.1) is 0 Å². The zero-order valence-electron chi connectivity index (χ0n) is 11.6. The van der Waals surface area contributed by atoms with E-state index in [2.05, 4.69) is 23.9 Å². The van der Waals surface area contributed by atoms with Gasteiger partial charge in [0.05, 0.1) is 0 Å². The Morgan fingerprint density at radius 2 is 1.83 bits per heavy atom. The number of hydrogen-bond acceptors (Lipinski definition) is 3. The van der Waals surface area contributed by atoms with E-state index in [1.807, 2.05) is 0 Å². The molecule has 5 heteroatoms. The van der Waals surface area contributed by atoms with Crippen molar-refractivity contribution in [3.05, 3.63) is 10.4 Å². The molecule has 18 heavy (non-hydrogen) atoms. The minimum atomic E-state index is -0.413. The van der Waals surface area contributed by atoms with Crippen molar-refractivity contribution in [2.75, 3.05) is 6.54 Å². The average molecular weight is 255 g/mol. The SMILES string of the molecule is CCCCCCC(CCCC)OC(=O)CN=[N+]=[N-]. The van der Waals surface area contributed by atoms with Gasteiger partial charge in [0, 0.05) is 4.91 Å². The second-order valence-corrected chi connectivity index (χ2v) is 4.49. The Kier molecular flexibility index (Phi) is 11.4. The first-order valence-electron chi connectivity index (χ1n) is 6.94. The predicted molar refractivity (Wildman–Crippen MR) is 72.2 cm³/mol. The normalized spacial score (nSPS) is 11.7. The van der Waals surface area contributed by atoms with Gasteiger partial charge in [-0.1, -0.05) is 51.1 Å². The van der Waals surface area contributed by atoms with Crippen LogP contribution in [-0.4, -0.2) is 18.6 Å². The molecule has 0 saturated heterocycles. The number of nitrogens with zero attached hydrogens (tertiary/aromatic N) is 3. The highest BCUT2D eigenvalue weighted by Gasteiger charge is 2.13. The van der Waals surface area contributed by atoms with Crippen LogP contribution in [0.15, 0.2) is 5.11 Å². The lowest BCUT2D eigenvalue weighted by Gasteiger charge is -2.17. The summed E-state index contributed by atoms with van der Waals surface area (Å²) in [5, 5.41) is 3.22. The lowest BCUT2D eigenvalue weighted by molar-refractivity contribution is -0.148. The zero-order valence-corrected chi connectivity index (χ0v) is 11.6. The minimum Gasteiger partial charge on any atom is -0.462 e. The number of carbonyl (C=O) groups excluding carboxylic acids is 1. The Hall–Kier alpha value is -1.22. The maximum atomic E-state index is 11.4.